The standard InChI is InChI=1S/C53H83NO12/c1-32-18-13-12-14-19-33(2)45(63-10)30-41-21-17-20-39(8)53(61,66-41)50(58)51(59)54-25-16-15-22-42(54)52(60)65-46(36(5)28-40-24-23-34(3)44(29-40)62-9)31-43(55)35(4)27-38(7)48(57)49(64-11)47(56)37(6)26-32/h12-14,18-19,27,32,34-37,39-42,44-46,48-49,57,61H,15-17,20-26,28-31H2,1-11H3/b14-12+,18-13+,33-19+,38-27+/t32-,34?,35-,36-,37+,39-,40+,41+,42+,44-,45+,46+,48-,49+,53-/m1/s1. The minimum Gasteiger partial charge on any atom is -0.460 e. The summed E-state index contributed by atoms with van der Waals surface area (Å²) in [6.45, 7) is 15.1. The molecule has 3 aliphatic heterocycles. The Hall–Kier alpha value is -3.33. The Balaban J connectivity index is 1.72. The summed E-state index contributed by atoms with van der Waals surface area (Å²) in [5, 5.41) is 23.6. The van der Waals surface area contributed by atoms with E-state index in [-0.39, 0.29) is 54.8 Å². The van der Waals surface area contributed by atoms with Gasteiger partial charge in [0.15, 0.2) is 5.78 Å². The lowest BCUT2D eigenvalue weighted by molar-refractivity contribution is -0.242. The minimum absolute atomic E-state index is 0.0294. The van der Waals surface area contributed by atoms with Crippen LogP contribution in [0.5, 0.6) is 0 Å². The number of nitrogens with zero attached hydrogens (tertiary/aromatic N) is 1. The molecule has 15 atom stereocenters. The van der Waals surface area contributed by atoms with E-state index in [2.05, 4.69) is 6.92 Å². The topological polar surface area (TPSA) is 175 Å². The second-order valence-corrected chi connectivity index (χ2v) is 20.4. The summed E-state index contributed by atoms with van der Waals surface area (Å²) in [4.78, 5) is 72.3. The Morgan fingerprint density at radius 2 is 1.56 bits per heavy atom. The van der Waals surface area contributed by atoms with E-state index in [0.29, 0.717) is 62.9 Å². The van der Waals surface area contributed by atoms with Crippen LogP contribution in [0, 0.1) is 41.4 Å². The van der Waals surface area contributed by atoms with Crippen LogP contribution >= 0.6 is 0 Å². The van der Waals surface area contributed by atoms with Gasteiger partial charge in [-0.15, -0.1) is 0 Å². The Kier molecular flexibility index (Phi) is 21.7. The average Bonchev–Trinajstić information content (AvgIpc) is 3.44. The fourth-order valence-corrected chi connectivity index (χ4v) is 10.6. The van der Waals surface area contributed by atoms with Gasteiger partial charge in [0.05, 0.1) is 18.3 Å². The smallest absolute Gasteiger partial charge is 0.329 e. The second-order valence-electron chi connectivity index (χ2n) is 20.4. The summed E-state index contributed by atoms with van der Waals surface area (Å²) in [7, 11) is 4.71. The molecule has 1 saturated carbocycles. The van der Waals surface area contributed by atoms with Crippen molar-refractivity contribution in [2.24, 2.45) is 41.4 Å². The van der Waals surface area contributed by atoms with E-state index in [1.807, 2.05) is 58.1 Å². The van der Waals surface area contributed by atoms with Gasteiger partial charge in [-0.3, -0.25) is 19.2 Å². The van der Waals surface area contributed by atoms with E-state index >= 15 is 0 Å². The van der Waals surface area contributed by atoms with Crippen molar-refractivity contribution in [3.05, 3.63) is 47.6 Å². The zero-order valence-electron chi connectivity index (χ0n) is 41.9. The number of aliphatic hydroxyl groups excluding tert-OH is 1. The number of allylic oxidation sites excluding steroid dienone is 6. The maximum Gasteiger partial charge on any atom is 0.329 e. The van der Waals surface area contributed by atoms with Crippen LogP contribution < -0.4 is 0 Å². The summed E-state index contributed by atoms with van der Waals surface area (Å²) < 4.78 is 29.9. The van der Waals surface area contributed by atoms with Crippen LogP contribution in [0.25, 0.3) is 0 Å². The second kappa shape index (κ2) is 25.9. The van der Waals surface area contributed by atoms with Gasteiger partial charge in [0.2, 0.25) is 5.79 Å². The lowest BCUT2D eigenvalue weighted by Gasteiger charge is -2.39. The van der Waals surface area contributed by atoms with Gasteiger partial charge >= 0.3 is 5.97 Å². The number of carbonyl (C=O) groups excluding carboxylic acids is 5. The molecule has 13 heteroatoms. The molecule has 3 heterocycles. The third-order valence-electron chi connectivity index (χ3n) is 15.1. The van der Waals surface area contributed by atoms with Crippen molar-refractivity contribution in [3.8, 4) is 0 Å². The first kappa shape index (κ1) is 55.3. The van der Waals surface area contributed by atoms with Gasteiger partial charge in [-0.2, -0.15) is 0 Å². The molecule has 0 aromatic rings. The third-order valence-corrected chi connectivity index (χ3v) is 15.1. The third kappa shape index (κ3) is 14.6. The summed E-state index contributed by atoms with van der Waals surface area (Å²) in [5.74, 6) is -7.09. The zero-order chi connectivity index (χ0) is 48.9. The summed E-state index contributed by atoms with van der Waals surface area (Å²) in [5.41, 5.74) is 1.30. The van der Waals surface area contributed by atoms with E-state index in [0.717, 1.165) is 24.8 Å². The lowest BCUT2D eigenvalue weighted by Crippen LogP contribution is -2.59. The average molecular weight is 926 g/mol. The number of aliphatic hydroxyl groups is 2. The number of rotatable bonds is 6. The fraction of sp³-hybridized carbons (Fsp3) is 0.755. The Labute approximate surface area is 395 Å². The molecule has 0 radical (unpaired) electrons. The van der Waals surface area contributed by atoms with Gasteiger partial charge < -0.3 is 38.8 Å². The zero-order valence-corrected chi connectivity index (χ0v) is 41.9. The maximum absolute atomic E-state index is 14.4. The van der Waals surface area contributed by atoms with Crippen LogP contribution in [0.4, 0.5) is 0 Å². The van der Waals surface area contributed by atoms with Crippen molar-refractivity contribution in [1.29, 1.82) is 0 Å². The van der Waals surface area contributed by atoms with Crippen molar-refractivity contribution in [2.45, 2.75) is 187 Å². The molecule has 13 nitrogen and oxygen atoms in total. The molecule has 1 aliphatic carbocycles. The number of fused-ring (bicyclic) bond motifs is 3. The van der Waals surface area contributed by atoms with E-state index in [1.54, 1.807) is 41.1 Å². The lowest BCUT2D eigenvalue weighted by atomic mass is 9.76. The van der Waals surface area contributed by atoms with E-state index < -0.39 is 77.8 Å². The number of amides is 1. The van der Waals surface area contributed by atoms with E-state index in [9.17, 15) is 34.2 Å². The highest BCUT2D eigenvalue weighted by Gasteiger charge is 2.52. The maximum atomic E-state index is 14.4. The van der Waals surface area contributed by atoms with Crippen molar-refractivity contribution in [1.82, 2.24) is 4.90 Å². The Morgan fingerprint density at radius 1 is 0.833 bits per heavy atom. The van der Waals surface area contributed by atoms with E-state index in [1.165, 1.54) is 12.0 Å². The number of ether oxygens (including phenoxy) is 5. The van der Waals surface area contributed by atoms with Crippen LogP contribution in [-0.4, -0.2) is 121 Å². The molecule has 4 rings (SSSR count). The van der Waals surface area contributed by atoms with Crippen LogP contribution in [0.15, 0.2) is 47.6 Å². The van der Waals surface area contributed by atoms with Gasteiger partial charge in [0, 0.05) is 58.5 Å². The molecule has 2 N–H and O–H groups in total. The molecule has 4 aliphatic rings. The Bertz CT molecular complexity index is 1770. The van der Waals surface area contributed by atoms with Crippen LogP contribution in [0.2, 0.25) is 0 Å². The van der Waals surface area contributed by atoms with Crippen LogP contribution in [-0.2, 0) is 47.7 Å². The molecule has 0 aromatic heterocycles. The fourth-order valence-electron chi connectivity index (χ4n) is 10.6. The Morgan fingerprint density at radius 3 is 2.24 bits per heavy atom. The molecule has 3 fully saturated rings. The number of piperidine rings is 1. The number of esters is 1. The number of Topliss-reactive ketones (excluding diaryl/α,β-unsaturated/α-hetero) is 3. The molecule has 1 amide bonds. The normalized spacial score (nSPS) is 40.2. The highest BCUT2D eigenvalue weighted by Crippen LogP contribution is 2.38. The SMILES string of the molecule is CO[C@H]1C[C@@H]2CCC[C@@H](C)[C@@](O)(O2)C(=O)C(=O)N2CCCC[C@H]2C(=O)O[C@H]([C@H](C)C[C@@H]2CCC(C)[C@H](OC)C2)CC(=O)[C@H](C)/C=C(\C)[C@@H](O)[C@@H](OC)C(=O)[C@@H](C)C[C@H](C)/C=C/C=C/C=C/1C. The predicted molar refractivity (Wildman–Crippen MR) is 253 cm³/mol. The summed E-state index contributed by atoms with van der Waals surface area (Å²) in [6, 6.07) is -1.11. The van der Waals surface area contributed by atoms with Gasteiger partial charge in [0.25, 0.3) is 11.7 Å². The predicted octanol–water partition coefficient (Wildman–Crippen LogP) is 7.85. The highest BCUT2D eigenvalue weighted by molar-refractivity contribution is 6.39. The summed E-state index contributed by atoms with van der Waals surface area (Å²) >= 11 is 0. The van der Waals surface area contributed by atoms with Crippen molar-refractivity contribution < 1.29 is 57.9 Å². The largest absolute Gasteiger partial charge is 0.460 e. The highest BCUT2D eigenvalue weighted by atomic mass is 16.6. The molecular formula is C53H83NO12. The molecular weight excluding hydrogens is 843 g/mol. The van der Waals surface area contributed by atoms with Crippen molar-refractivity contribution >= 4 is 29.2 Å². The van der Waals surface area contributed by atoms with Crippen molar-refractivity contribution in [2.75, 3.05) is 27.9 Å². The number of hydrogen-bond acceptors (Lipinski definition) is 12. The van der Waals surface area contributed by atoms with E-state index in [4.69, 9.17) is 23.7 Å². The van der Waals surface area contributed by atoms with Gasteiger partial charge in [-0.05, 0) is 113 Å². The quantitative estimate of drug-likeness (QED) is 0.150. The van der Waals surface area contributed by atoms with Gasteiger partial charge in [0.1, 0.15) is 30.1 Å². The monoisotopic (exact) mass is 926 g/mol. The molecule has 0 aromatic carbocycles. The van der Waals surface area contributed by atoms with Gasteiger partial charge in [-0.25, -0.2) is 4.79 Å². The van der Waals surface area contributed by atoms with Crippen LogP contribution in [0.1, 0.15) is 139 Å². The number of methoxy groups -OCH3 is 3. The molecule has 0 spiro atoms. The first-order valence-corrected chi connectivity index (χ1v) is 24.7. The molecule has 66 heavy (non-hydrogen) atoms. The first-order chi connectivity index (χ1) is 31.2. The van der Waals surface area contributed by atoms with Gasteiger partial charge in [-0.1, -0.05) is 84.4 Å². The molecule has 1 unspecified atom stereocenters. The molecule has 2 bridgehead atoms. The molecule has 372 valence electrons. The first-order valence-electron chi connectivity index (χ1n) is 24.7. The van der Waals surface area contributed by atoms with Crippen molar-refractivity contribution in [3.63, 3.8) is 0 Å². The molecule has 2 saturated heterocycles. The number of ketones is 3. The summed E-state index contributed by atoms with van der Waals surface area (Å²) in [6.07, 6.45) is 14.3. The number of carbonyl (C=O) groups is 5. The number of cyclic esters (lactones) is 1. The number of hydrogen-bond donors (Lipinski definition) is 2. The minimum atomic E-state index is -2.43. The van der Waals surface area contributed by atoms with Crippen LogP contribution in [0.3, 0.4) is 0 Å².